The van der Waals surface area contributed by atoms with Gasteiger partial charge in [-0.15, -0.1) is 0 Å². The van der Waals surface area contributed by atoms with Crippen molar-refractivity contribution >= 4 is 22.6 Å². The van der Waals surface area contributed by atoms with Crippen molar-refractivity contribution in [2.24, 2.45) is 0 Å². The van der Waals surface area contributed by atoms with Crippen LogP contribution in [0.5, 0.6) is 5.75 Å². The van der Waals surface area contributed by atoms with E-state index >= 15 is 0 Å². The Bertz CT molecular complexity index is 1040. The van der Waals surface area contributed by atoms with Crippen LogP contribution in [0.3, 0.4) is 0 Å². The van der Waals surface area contributed by atoms with Gasteiger partial charge in [0.25, 0.3) is 0 Å². The third-order valence-electron chi connectivity index (χ3n) is 5.46. The third-order valence-corrected chi connectivity index (χ3v) is 5.71. The van der Waals surface area contributed by atoms with E-state index in [2.05, 4.69) is 9.80 Å². The van der Waals surface area contributed by atoms with Crippen molar-refractivity contribution in [3.05, 3.63) is 64.0 Å². The zero-order chi connectivity index (χ0) is 20.9. The Morgan fingerprint density at radius 3 is 2.40 bits per heavy atom. The molecule has 0 atom stereocenters. The molecule has 6 nitrogen and oxygen atoms in total. The van der Waals surface area contributed by atoms with Crippen molar-refractivity contribution in [3.63, 3.8) is 0 Å². The lowest BCUT2D eigenvalue weighted by atomic mass is 10.1. The Morgan fingerprint density at radius 1 is 1.00 bits per heavy atom. The first kappa shape index (κ1) is 20.9. The number of piperazine rings is 1. The van der Waals surface area contributed by atoms with Crippen LogP contribution in [0.4, 0.5) is 0 Å². The Kier molecular flexibility index (Phi) is 6.69. The molecule has 30 heavy (non-hydrogen) atoms. The van der Waals surface area contributed by atoms with E-state index in [-0.39, 0.29) is 12.0 Å². The molecule has 158 valence electrons. The standard InChI is InChI=1S/C23H25ClN2O4/c24-18-3-1-17(2-4-18)21-16-30-22-15-19(5-6-20(22)23(21)28)29-14-12-26-9-7-25(8-10-26)11-13-27/h1-6,15-16,27H,7-14H2. The number of ether oxygens (including phenoxy) is 1. The number of β-amino-alcohol motifs (C(OH)–C–C–N with tert-alkyl or cyclic N) is 1. The molecule has 1 N–H and O–H groups in total. The second kappa shape index (κ2) is 9.62. The highest BCUT2D eigenvalue weighted by Gasteiger charge is 2.16. The minimum Gasteiger partial charge on any atom is -0.492 e. The summed E-state index contributed by atoms with van der Waals surface area (Å²) in [5.41, 5.74) is 1.71. The number of rotatable bonds is 7. The molecule has 3 aromatic rings. The summed E-state index contributed by atoms with van der Waals surface area (Å²) in [7, 11) is 0. The average molecular weight is 429 g/mol. The molecule has 2 aromatic carbocycles. The van der Waals surface area contributed by atoms with Crippen LogP contribution >= 0.6 is 11.6 Å². The molecule has 0 bridgehead atoms. The fourth-order valence-electron chi connectivity index (χ4n) is 3.70. The monoisotopic (exact) mass is 428 g/mol. The lowest BCUT2D eigenvalue weighted by Gasteiger charge is -2.34. The minimum atomic E-state index is -0.0779. The van der Waals surface area contributed by atoms with E-state index in [1.807, 2.05) is 18.2 Å². The predicted octanol–water partition coefficient (Wildman–Crippen LogP) is 3.10. The van der Waals surface area contributed by atoms with Crippen molar-refractivity contribution < 1.29 is 14.3 Å². The highest BCUT2D eigenvalue weighted by Crippen LogP contribution is 2.24. The number of benzene rings is 2. The number of fused-ring (bicyclic) bond motifs is 1. The summed E-state index contributed by atoms with van der Waals surface area (Å²) in [5, 5.41) is 10.2. The minimum absolute atomic E-state index is 0.0779. The molecule has 7 heteroatoms. The maximum atomic E-state index is 12.9. The predicted molar refractivity (Wildman–Crippen MR) is 118 cm³/mol. The number of nitrogens with zero attached hydrogens (tertiary/aromatic N) is 2. The first-order valence-corrected chi connectivity index (χ1v) is 10.5. The van der Waals surface area contributed by atoms with Gasteiger partial charge in [0.1, 0.15) is 24.2 Å². The van der Waals surface area contributed by atoms with E-state index in [1.165, 1.54) is 6.26 Å². The molecule has 0 unspecified atom stereocenters. The summed E-state index contributed by atoms with van der Waals surface area (Å²) in [6.45, 7) is 6.25. The fraction of sp³-hybridized carbons (Fsp3) is 0.348. The second-order valence-electron chi connectivity index (χ2n) is 7.40. The number of aliphatic hydroxyl groups excluding tert-OH is 1. The van der Waals surface area contributed by atoms with Gasteiger partial charge in [-0.25, -0.2) is 0 Å². The van der Waals surface area contributed by atoms with Crippen LogP contribution in [0.25, 0.3) is 22.1 Å². The van der Waals surface area contributed by atoms with Gasteiger partial charge in [-0.1, -0.05) is 23.7 Å². The highest BCUT2D eigenvalue weighted by atomic mass is 35.5. The third kappa shape index (κ3) is 4.84. The van der Waals surface area contributed by atoms with E-state index in [9.17, 15) is 4.79 Å². The quantitative estimate of drug-likeness (QED) is 0.623. The molecule has 1 aliphatic rings. The first-order valence-electron chi connectivity index (χ1n) is 10.1. The summed E-state index contributed by atoms with van der Waals surface area (Å²) in [6.07, 6.45) is 1.49. The van der Waals surface area contributed by atoms with Gasteiger partial charge in [0.2, 0.25) is 0 Å². The molecule has 1 saturated heterocycles. The van der Waals surface area contributed by atoms with Crippen molar-refractivity contribution in [2.45, 2.75) is 0 Å². The van der Waals surface area contributed by atoms with Crippen molar-refractivity contribution in [2.75, 3.05) is 52.5 Å². The van der Waals surface area contributed by atoms with Crippen molar-refractivity contribution in [1.29, 1.82) is 0 Å². The van der Waals surface area contributed by atoms with Gasteiger partial charge < -0.3 is 14.3 Å². The van der Waals surface area contributed by atoms with Crippen LogP contribution in [-0.2, 0) is 0 Å². The lowest BCUT2D eigenvalue weighted by molar-refractivity contribution is 0.102. The summed E-state index contributed by atoms with van der Waals surface area (Å²) >= 11 is 5.93. The Balaban J connectivity index is 1.39. The van der Waals surface area contributed by atoms with E-state index in [1.54, 1.807) is 24.3 Å². The van der Waals surface area contributed by atoms with Crippen LogP contribution in [0.1, 0.15) is 0 Å². The number of hydrogen-bond acceptors (Lipinski definition) is 6. The summed E-state index contributed by atoms with van der Waals surface area (Å²) < 4.78 is 11.6. The molecule has 2 heterocycles. The largest absolute Gasteiger partial charge is 0.492 e. The van der Waals surface area contributed by atoms with E-state index < -0.39 is 0 Å². The maximum Gasteiger partial charge on any atom is 0.200 e. The van der Waals surface area contributed by atoms with Gasteiger partial charge in [0.15, 0.2) is 5.43 Å². The van der Waals surface area contributed by atoms with E-state index in [0.29, 0.717) is 33.9 Å². The van der Waals surface area contributed by atoms with Gasteiger partial charge in [-0.2, -0.15) is 0 Å². The Labute approximate surface area is 180 Å². The normalized spacial score (nSPS) is 15.5. The van der Waals surface area contributed by atoms with Crippen LogP contribution in [0.2, 0.25) is 5.02 Å². The topological polar surface area (TPSA) is 66.2 Å². The second-order valence-corrected chi connectivity index (χ2v) is 7.84. The molecular weight excluding hydrogens is 404 g/mol. The first-order chi connectivity index (χ1) is 14.6. The molecule has 0 aliphatic carbocycles. The smallest absolute Gasteiger partial charge is 0.200 e. The number of halogens is 1. The molecule has 0 amide bonds. The highest BCUT2D eigenvalue weighted by molar-refractivity contribution is 6.30. The number of hydrogen-bond donors (Lipinski definition) is 1. The Hall–Kier alpha value is -2.38. The molecule has 0 saturated carbocycles. The van der Waals surface area contributed by atoms with Crippen LogP contribution < -0.4 is 10.2 Å². The summed E-state index contributed by atoms with van der Waals surface area (Å²) in [6, 6.07) is 12.5. The zero-order valence-corrected chi connectivity index (χ0v) is 17.5. The molecular formula is C23H25ClN2O4. The van der Waals surface area contributed by atoms with Gasteiger partial charge in [-0.05, 0) is 29.8 Å². The number of aliphatic hydroxyl groups is 1. The maximum absolute atomic E-state index is 12.9. The molecule has 1 aromatic heterocycles. The molecule has 1 aliphatic heterocycles. The zero-order valence-electron chi connectivity index (χ0n) is 16.7. The SMILES string of the molecule is O=c1c(-c2ccc(Cl)cc2)coc2cc(OCCN3CCN(CCO)CC3)ccc12. The summed E-state index contributed by atoms with van der Waals surface area (Å²) in [4.78, 5) is 17.5. The average Bonchev–Trinajstić information content (AvgIpc) is 2.76. The lowest BCUT2D eigenvalue weighted by Crippen LogP contribution is -2.48. The van der Waals surface area contributed by atoms with Gasteiger partial charge in [0, 0.05) is 50.4 Å². The van der Waals surface area contributed by atoms with Gasteiger partial charge >= 0.3 is 0 Å². The summed E-state index contributed by atoms with van der Waals surface area (Å²) in [5.74, 6) is 0.684. The molecule has 0 radical (unpaired) electrons. The van der Waals surface area contributed by atoms with Gasteiger partial charge in [0.05, 0.1) is 17.6 Å². The van der Waals surface area contributed by atoms with E-state index in [4.69, 9.17) is 25.9 Å². The van der Waals surface area contributed by atoms with Crippen molar-refractivity contribution in [3.8, 4) is 16.9 Å². The molecule has 4 rings (SSSR count). The van der Waals surface area contributed by atoms with Crippen molar-refractivity contribution in [1.82, 2.24) is 9.80 Å². The van der Waals surface area contributed by atoms with Crippen LogP contribution in [-0.4, -0.2) is 67.4 Å². The molecule has 1 fully saturated rings. The Morgan fingerprint density at radius 2 is 1.70 bits per heavy atom. The van der Waals surface area contributed by atoms with Crippen LogP contribution in [0.15, 0.2) is 57.9 Å². The molecule has 0 spiro atoms. The van der Waals surface area contributed by atoms with E-state index in [0.717, 1.165) is 44.8 Å². The van der Waals surface area contributed by atoms with Gasteiger partial charge in [-0.3, -0.25) is 14.6 Å². The fourth-order valence-corrected chi connectivity index (χ4v) is 3.82. The van der Waals surface area contributed by atoms with Crippen LogP contribution in [0, 0.1) is 0 Å².